The van der Waals surface area contributed by atoms with Gasteiger partial charge in [-0.1, -0.05) is 6.07 Å². The van der Waals surface area contributed by atoms with Gasteiger partial charge in [0, 0.05) is 11.1 Å². The third-order valence-corrected chi connectivity index (χ3v) is 3.27. The van der Waals surface area contributed by atoms with E-state index < -0.39 is 11.8 Å². The summed E-state index contributed by atoms with van der Waals surface area (Å²) in [7, 11) is 4.49. The van der Waals surface area contributed by atoms with Gasteiger partial charge in [-0.15, -0.1) is 0 Å². The number of methoxy groups -OCH3 is 3. The van der Waals surface area contributed by atoms with Gasteiger partial charge >= 0.3 is 0 Å². The SMILES string of the molecule is COc1cccc(C(=O)NNC(=O)c2ccc(OC)c(OC)c2)c1. The maximum Gasteiger partial charge on any atom is 0.269 e. The Morgan fingerprint density at radius 2 is 1.38 bits per heavy atom. The first-order valence-corrected chi connectivity index (χ1v) is 7.05. The molecule has 7 heteroatoms. The predicted octanol–water partition coefficient (Wildman–Crippen LogP) is 1.79. The minimum Gasteiger partial charge on any atom is -0.497 e. The lowest BCUT2D eigenvalue weighted by Gasteiger charge is -2.11. The average molecular weight is 330 g/mol. The Kier molecular flexibility index (Phi) is 5.62. The lowest BCUT2D eigenvalue weighted by molar-refractivity contribution is 0.0846. The van der Waals surface area contributed by atoms with Crippen LogP contribution in [-0.2, 0) is 0 Å². The summed E-state index contributed by atoms with van der Waals surface area (Å²) in [4.78, 5) is 24.2. The first-order valence-electron chi connectivity index (χ1n) is 7.05. The summed E-state index contributed by atoms with van der Waals surface area (Å²) in [6.45, 7) is 0. The van der Waals surface area contributed by atoms with Gasteiger partial charge in [-0.3, -0.25) is 20.4 Å². The van der Waals surface area contributed by atoms with E-state index in [1.165, 1.54) is 27.4 Å². The largest absolute Gasteiger partial charge is 0.497 e. The van der Waals surface area contributed by atoms with Crippen LogP contribution in [0.5, 0.6) is 17.2 Å². The second-order valence-corrected chi connectivity index (χ2v) is 4.71. The first-order chi connectivity index (χ1) is 11.6. The van der Waals surface area contributed by atoms with Crippen LogP contribution in [0.3, 0.4) is 0 Å². The Morgan fingerprint density at radius 3 is 1.96 bits per heavy atom. The van der Waals surface area contributed by atoms with Gasteiger partial charge < -0.3 is 14.2 Å². The number of ether oxygens (including phenoxy) is 3. The monoisotopic (exact) mass is 330 g/mol. The topological polar surface area (TPSA) is 85.9 Å². The van der Waals surface area contributed by atoms with Crippen LogP contribution in [0, 0.1) is 0 Å². The van der Waals surface area contributed by atoms with Crippen LogP contribution in [0.2, 0.25) is 0 Å². The zero-order valence-electron chi connectivity index (χ0n) is 13.6. The van der Waals surface area contributed by atoms with E-state index in [1.54, 1.807) is 36.4 Å². The summed E-state index contributed by atoms with van der Waals surface area (Å²) in [5.74, 6) is 0.544. The number of amides is 2. The molecule has 0 heterocycles. The molecule has 0 aromatic heterocycles. The third kappa shape index (κ3) is 3.95. The Morgan fingerprint density at radius 1 is 0.750 bits per heavy atom. The number of hydrazine groups is 1. The van der Waals surface area contributed by atoms with E-state index in [4.69, 9.17) is 14.2 Å². The maximum absolute atomic E-state index is 12.1. The molecular weight excluding hydrogens is 312 g/mol. The minimum atomic E-state index is -0.479. The van der Waals surface area contributed by atoms with Crippen molar-refractivity contribution in [3.05, 3.63) is 53.6 Å². The number of benzene rings is 2. The van der Waals surface area contributed by atoms with Gasteiger partial charge in [0.1, 0.15) is 5.75 Å². The molecule has 2 rings (SSSR count). The van der Waals surface area contributed by atoms with Gasteiger partial charge in [-0.05, 0) is 36.4 Å². The second kappa shape index (κ2) is 7.87. The van der Waals surface area contributed by atoms with Crippen molar-refractivity contribution in [3.8, 4) is 17.2 Å². The van der Waals surface area contributed by atoms with Crippen LogP contribution in [-0.4, -0.2) is 33.1 Å². The molecule has 0 spiro atoms. The second-order valence-electron chi connectivity index (χ2n) is 4.71. The van der Waals surface area contributed by atoms with Gasteiger partial charge in [0.15, 0.2) is 11.5 Å². The van der Waals surface area contributed by atoms with E-state index >= 15 is 0 Å². The normalized spacial score (nSPS) is 9.79. The molecular formula is C17H18N2O5. The molecule has 2 N–H and O–H groups in total. The van der Waals surface area contributed by atoms with E-state index in [2.05, 4.69) is 10.9 Å². The van der Waals surface area contributed by atoms with Crippen LogP contribution in [0.25, 0.3) is 0 Å². The van der Waals surface area contributed by atoms with Crippen molar-refractivity contribution in [2.24, 2.45) is 0 Å². The number of hydrogen-bond acceptors (Lipinski definition) is 5. The van der Waals surface area contributed by atoms with Crippen molar-refractivity contribution in [3.63, 3.8) is 0 Å². The molecule has 0 radical (unpaired) electrons. The summed E-state index contributed by atoms with van der Waals surface area (Å²) in [5, 5.41) is 0. The van der Waals surface area contributed by atoms with Gasteiger partial charge in [0.25, 0.3) is 11.8 Å². The van der Waals surface area contributed by atoms with E-state index in [-0.39, 0.29) is 0 Å². The quantitative estimate of drug-likeness (QED) is 0.816. The molecule has 0 saturated carbocycles. The van der Waals surface area contributed by atoms with E-state index in [0.717, 1.165) is 0 Å². The molecule has 7 nitrogen and oxygen atoms in total. The highest BCUT2D eigenvalue weighted by Crippen LogP contribution is 2.27. The van der Waals surface area contributed by atoms with Crippen molar-refractivity contribution in [1.29, 1.82) is 0 Å². The van der Waals surface area contributed by atoms with Crippen molar-refractivity contribution in [1.82, 2.24) is 10.9 Å². The molecule has 2 aromatic carbocycles. The van der Waals surface area contributed by atoms with Gasteiger partial charge in [0.05, 0.1) is 21.3 Å². The van der Waals surface area contributed by atoms with Crippen molar-refractivity contribution in [2.75, 3.05) is 21.3 Å². The van der Waals surface area contributed by atoms with Crippen LogP contribution < -0.4 is 25.1 Å². The molecule has 126 valence electrons. The Balaban J connectivity index is 2.03. The number of carbonyl (C=O) groups excluding carboxylic acids is 2. The maximum atomic E-state index is 12.1. The minimum absolute atomic E-state index is 0.318. The summed E-state index contributed by atoms with van der Waals surface area (Å²) in [5.41, 5.74) is 5.38. The lowest BCUT2D eigenvalue weighted by atomic mass is 10.2. The Hall–Kier alpha value is -3.22. The van der Waals surface area contributed by atoms with Crippen LogP contribution in [0.4, 0.5) is 0 Å². The summed E-state index contributed by atoms with van der Waals surface area (Å²) in [6, 6.07) is 11.3. The number of nitrogens with one attached hydrogen (secondary N) is 2. The highest BCUT2D eigenvalue weighted by molar-refractivity contribution is 5.99. The van der Waals surface area contributed by atoms with Crippen LogP contribution >= 0.6 is 0 Å². The highest BCUT2D eigenvalue weighted by atomic mass is 16.5. The molecule has 0 aliphatic carbocycles. The van der Waals surface area contributed by atoms with Crippen molar-refractivity contribution >= 4 is 11.8 Å². The predicted molar refractivity (Wildman–Crippen MR) is 87.5 cm³/mol. The van der Waals surface area contributed by atoms with Crippen LogP contribution in [0.1, 0.15) is 20.7 Å². The molecule has 24 heavy (non-hydrogen) atoms. The third-order valence-electron chi connectivity index (χ3n) is 3.27. The summed E-state index contributed by atoms with van der Waals surface area (Å²) >= 11 is 0. The number of hydrogen-bond donors (Lipinski definition) is 2. The average Bonchev–Trinajstić information content (AvgIpc) is 2.65. The van der Waals surface area contributed by atoms with E-state index in [9.17, 15) is 9.59 Å². The van der Waals surface area contributed by atoms with Gasteiger partial charge in [-0.25, -0.2) is 0 Å². The fourth-order valence-electron chi connectivity index (χ4n) is 2.00. The lowest BCUT2D eigenvalue weighted by Crippen LogP contribution is -2.41. The van der Waals surface area contributed by atoms with Gasteiger partial charge in [0.2, 0.25) is 0 Å². The highest BCUT2D eigenvalue weighted by Gasteiger charge is 2.12. The first kappa shape index (κ1) is 17.1. The Labute approximate surface area is 139 Å². The molecule has 0 unspecified atom stereocenters. The summed E-state index contributed by atoms with van der Waals surface area (Å²) in [6.07, 6.45) is 0. The van der Waals surface area contributed by atoms with Crippen LogP contribution in [0.15, 0.2) is 42.5 Å². The molecule has 0 saturated heterocycles. The molecule has 0 aliphatic heterocycles. The standard InChI is InChI=1S/C17H18N2O5/c1-22-13-6-4-5-11(9-13)16(20)18-19-17(21)12-7-8-14(23-2)15(10-12)24-3/h4-10H,1-3H3,(H,18,20)(H,19,21). The van der Waals surface area contributed by atoms with Crippen molar-refractivity contribution < 1.29 is 23.8 Å². The fraction of sp³-hybridized carbons (Fsp3) is 0.176. The summed E-state index contributed by atoms with van der Waals surface area (Å²) < 4.78 is 15.3. The fourth-order valence-corrected chi connectivity index (χ4v) is 2.00. The zero-order chi connectivity index (χ0) is 17.5. The molecule has 2 aromatic rings. The van der Waals surface area contributed by atoms with E-state index in [0.29, 0.717) is 28.4 Å². The molecule has 2 amide bonds. The number of rotatable bonds is 5. The molecule has 0 fully saturated rings. The molecule has 0 aliphatic rings. The molecule has 0 atom stereocenters. The van der Waals surface area contributed by atoms with Crippen molar-refractivity contribution in [2.45, 2.75) is 0 Å². The van der Waals surface area contributed by atoms with E-state index in [1.807, 2.05) is 0 Å². The zero-order valence-corrected chi connectivity index (χ0v) is 13.6. The molecule has 0 bridgehead atoms. The Bertz CT molecular complexity index is 746. The smallest absolute Gasteiger partial charge is 0.269 e. The number of carbonyl (C=O) groups is 2. The van der Waals surface area contributed by atoms with Gasteiger partial charge in [-0.2, -0.15) is 0 Å².